The van der Waals surface area contributed by atoms with E-state index in [-0.39, 0.29) is 12.1 Å². The highest BCUT2D eigenvalue weighted by Crippen LogP contribution is 2.07. The van der Waals surface area contributed by atoms with Crippen molar-refractivity contribution < 1.29 is 9.53 Å². The minimum absolute atomic E-state index is 0.0529. The summed E-state index contributed by atoms with van der Waals surface area (Å²) in [6.45, 7) is 4.88. The van der Waals surface area contributed by atoms with E-state index in [1.807, 2.05) is 19.2 Å². The first-order chi connectivity index (χ1) is 8.04. The molecule has 1 atom stereocenters. The fraction of sp³-hybridized carbons (Fsp3) is 0.636. The first-order valence-electron chi connectivity index (χ1n) is 5.45. The van der Waals surface area contributed by atoms with Crippen LogP contribution in [0.2, 0.25) is 0 Å². The van der Waals surface area contributed by atoms with Gasteiger partial charge in [-0.15, -0.1) is 11.3 Å². The maximum absolute atomic E-state index is 11.8. The first-order valence-corrected chi connectivity index (χ1v) is 6.33. The molecule has 1 unspecified atom stereocenters. The monoisotopic (exact) mass is 257 g/mol. The van der Waals surface area contributed by atoms with Gasteiger partial charge in [-0.1, -0.05) is 0 Å². The lowest BCUT2D eigenvalue weighted by atomic mass is 10.3. The third kappa shape index (κ3) is 4.32. The summed E-state index contributed by atoms with van der Waals surface area (Å²) in [7, 11) is 3.38. The Morgan fingerprint density at radius 3 is 2.94 bits per heavy atom. The number of urea groups is 1. The van der Waals surface area contributed by atoms with Gasteiger partial charge in [0.15, 0.2) is 0 Å². The molecule has 1 rings (SSSR count). The zero-order valence-electron chi connectivity index (χ0n) is 10.7. The highest BCUT2D eigenvalue weighted by atomic mass is 32.1. The Morgan fingerprint density at radius 2 is 2.41 bits per heavy atom. The number of likely N-dealkylation sites (N-methyl/N-ethyl adjacent to an activating group) is 1. The number of amides is 2. The van der Waals surface area contributed by atoms with Gasteiger partial charge in [0.05, 0.1) is 29.9 Å². The highest BCUT2D eigenvalue weighted by Gasteiger charge is 2.15. The van der Waals surface area contributed by atoms with Crippen molar-refractivity contribution in [1.82, 2.24) is 15.2 Å². The molecular weight excluding hydrogens is 238 g/mol. The number of carbonyl (C=O) groups is 1. The van der Waals surface area contributed by atoms with E-state index in [1.165, 1.54) is 0 Å². The van der Waals surface area contributed by atoms with Crippen molar-refractivity contribution in [1.29, 1.82) is 0 Å². The third-order valence-electron chi connectivity index (χ3n) is 2.48. The van der Waals surface area contributed by atoms with Crippen molar-refractivity contribution in [2.24, 2.45) is 0 Å². The van der Waals surface area contributed by atoms with Crippen LogP contribution in [0.15, 0.2) is 5.38 Å². The number of carbonyl (C=O) groups excluding carboxylic acids is 1. The summed E-state index contributed by atoms with van der Waals surface area (Å²) < 4.78 is 5.01. The van der Waals surface area contributed by atoms with Crippen LogP contribution in [0.5, 0.6) is 0 Å². The predicted octanol–water partition coefficient (Wildman–Crippen LogP) is 1.63. The maximum Gasteiger partial charge on any atom is 0.317 e. The molecule has 0 saturated carbocycles. The number of ether oxygens (including phenoxy) is 1. The Morgan fingerprint density at radius 1 is 1.71 bits per heavy atom. The molecule has 1 aromatic heterocycles. The Kier molecular flexibility index (Phi) is 5.37. The average molecular weight is 257 g/mol. The van der Waals surface area contributed by atoms with Crippen molar-refractivity contribution in [2.75, 3.05) is 20.8 Å². The van der Waals surface area contributed by atoms with E-state index in [4.69, 9.17) is 4.74 Å². The summed E-state index contributed by atoms with van der Waals surface area (Å²) in [6.07, 6.45) is 0. The Bertz CT molecular complexity index is 367. The lowest BCUT2D eigenvalue weighted by Gasteiger charge is -2.24. The average Bonchev–Trinajstić information content (AvgIpc) is 2.71. The summed E-state index contributed by atoms with van der Waals surface area (Å²) in [5.41, 5.74) is 0.897. The highest BCUT2D eigenvalue weighted by molar-refractivity contribution is 7.09. The minimum Gasteiger partial charge on any atom is -0.383 e. The number of nitrogens with zero attached hydrogens (tertiary/aromatic N) is 2. The maximum atomic E-state index is 11.8. The van der Waals surface area contributed by atoms with Crippen LogP contribution in [0.4, 0.5) is 4.79 Å². The van der Waals surface area contributed by atoms with E-state index >= 15 is 0 Å². The first kappa shape index (κ1) is 13.9. The normalized spacial score (nSPS) is 12.2. The molecule has 0 aliphatic heterocycles. The van der Waals surface area contributed by atoms with Crippen LogP contribution in [0, 0.1) is 6.92 Å². The molecule has 0 bridgehead atoms. The fourth-order valence-corrected chi connectivity index (χ4v) is 1.95. The minimum atomic E-state index is -0.111. The molecule has 17 heavy (non-hydrogen) atoms. The predicted molar refractivity (Wildman–Crippen MR) is 68.2 cm³/mol. The zero-order chi connectivity index (χ0) is 12.8. The van der Waals surface area contributed by atoms with E-state index in [1.54, 1.807) is 30.4 Å². The number of hydrogen-bond acceptors (Lipinski definition) is 4. The van der Waals surface area contributed by atoms with Crippen molar-refractivity contribution in [3.63, 3.8) is 0 Å². The van der Waals surface area contributed by atoms with Gasteiger partial charge in [0.25, 0.3) is 0 Å². The van der Waals surface area contributed by atoms with Gasteiger partial charge < -0.3 is 15.0 Å². The Hall–Kier alpha value is -1.14. The van der Waals surface area contributed by atoms with Gasteiger partial charge in [-0.05, 0) is 13.8 Å². The van der Waals surface area contributed by atoms with Crippen molar-refractivity contribution in [3.8, 4) is 0 Å². The van der Waals surface area contributed by atoms with Crippen LogP contribution in [0.1, 0.15) is 17.6 Å². The Labute approximate surface area is 106 Å². The second kappa shape index (κ2) is 6.56. The van der Waals surface area contributed by atoms with Crippen LogP contribution < -0.4 is 5.32 Å². The SMILES string of the molecule is COCC(C)N(C)C(=O)NCc1csc(C)n1. The molecular formula is C11H19N3O2S. The molecule has 5 nitrogen and oxygen atoms in total. The third-order valence-corrected chi connectivity index (χ3v) is 3.30. The largest absolute Gasteiger partial charge is 0.383 e. The number of methoxy groups -OCH3 is 1. The lowest BCUT2D eigenvalue weighted by molar-refractivity contribution is 0.123. The Balaban J connectivity index is 2.38. The standard InChI is InChI=1S/C11H19N3O2S/c1-8(6-16-4)14(3)11(15)12-5-10-7-17-9(2)13-10/h7-8H,5-6H2,1-4H3,(H,12,15). The second-order valence-electron chi connectivity index (χ2n) is 3.93. The van der Waals surface area contributed by atoms with E-state index in [0.29, 0.717) is 13.2 Å². The summed E-state index contributed by atoms with van der Waals surface area (Å²) in [5.74, 6) is 0. The molecule has 1 heterocycles. The number of rotatable bonds is 5. The van der Waals surface area contributed by atoms with Crippen LogP contribution in [-0.4, -0.2) is 42.7 Å². The molecule has 0 spiro atoms. The van der Waals surface area contributed by atoms with Gasteiger partial charge >= 0.3 is 6.03 Å². The molecule has 2 amide bonds. The molecule has 0 aromatic carbocycles. The molecule has 0 radical (unpaired) electrons. The van der Waals surface area contributed by atoms with Crippen LogP contribution in [0.3, 0.4) is 0 Å². The van der Waals surface area contributed by atoms with E-state index < -0.39 is 0 Å². The molecule has 0 fully saturated rings. The second-order valence-corrected chi connectivity index (χ2v) is 4.99. The molecule has 1 aromatic rings. The van der Waals surface area contributed by atoms with Crippen LogP contribution >= 0.6 is 11.3 Å². The van der Waals surface area contributed by atoms with Gasteiger partial charge in [-0.25, -0.2) is 9.78 Å². The fourth-order valence-electron chi connectivity index (χ4n) is 1.33. The molecule has 0 saturated heterocycles. The summed E-state index contributed by atoms with van der Waals surface area (Å²) in [6, 6.07) is -0.0580. The van der Waals surface area contributed by atoms with Crippen molar-refractivity contribution in [2.45, 2.75) is 26.4 Å². The zero-order valence-corrected chi connectivity index (χ0v) is 11.5. The summed E-state index contributed by atoms with van der Waals surface area (Å²) in [4.78, 5) is 17.7. The van der Waals surface area contributed by atoms with Gasteiger partial charge in [-0.2, -0.15) is 0 Å². The molecule has 1 N–H and O–H groups in total. The quantitative estimate of drug-likeness (QED) is 0.872. The molecule has 0 aliphatic carbocycles. The van der Waals surface area contributed by atoms with Gasteiger partial charge in [-0.3, -0.25) is 0 Å². The van der Waals surface area contributed by atoms with Crippen molar-refractivity contribution in [3.05, 3.63) is 16.1 Å². The number of thiazole rings is 1. The number of aromatic nitrogens is 1. The number of hydrogen-bond donors (Lipinski definition) is 1. The van der Waals surface area contributed by atoms with E-state index in [2.05, 4.69) is 10.3 Å². The smallest absolute Gasteiger partial charge is 0.317 e. The lowest BCUT2D eigenvalue weighted by Crippen LogP contribution is -2.43. The van der Waals surface area contributed by atoms with Gasteiger partial charge in [0, 0.05) is 19.5 Å². The van der Waals surface area contributed by atoms with Crippen LogP contribution in [-0.2, 0) is 11.3 Å². The molecule has 0 aliphatic rings. The molecule has 96 valence electrons. The number of aryl methyl sites for hydroxylation is 1. The number of nitrogens with one attached hydrogen (secondary N) is 1. The molecule has 6 heteroatoms. The topological polar surface area (TPSA) is 54.5 Å². The van der Waals surface area contributed by atoms with Crippen molar-refractivity contribution >= 4 is 17.4 Å². The van der Waals surface area contributed by atoms with Gasteiger partial charge in [0.1, 0.15) is 0 Å². The van der Waals surface area contributed by atoms with E-state index in [9.17, 15) is 4.79 Å². The van der Waals surface area contributed by atoms with Gasteiger partial charge in [0.2, 0.25) is 0 Å². The van der Waals surface area contributed by atoms with E-state index in [0.717, 1.165) is 10.7 Å². The van der Waals surface area contributed by atoms with Crippen LogP contribution in [0.25, 0.3) is 0 Å². The summed E-state index contributed by atoms with van der Waals surface area (Å²) >= 11 is 1.58. The summed E-state index contributed by atoms with van der Waals surface area (Å²) in [5, 5.41) is 5.79.